The van der Waals surface area contributed by atoms with E-state index >= 15 is 0 Å². The van der Waals surface area contributed by atoms with Crippen molar-refractivity contribution in [3.63, 3.8) is 0 Å². The highest BCUT2D eigenvalue weighted by atomic mass is 35.5. The zero-order valence-electron chi connectivity index (χ0n) is 14.2. The van der Waals surface area contributed by atoms with Crippen LogP contribution in [0.2, 0.25) is 5.02 Å². The molecule has 0 amide bonds. The number of nitrogens with zero attached hydrogens (tertiary/aromatic N) is 3. The smallest absolute Gasteiger partial charge is 0.281 e. The van der Waals surface area contributed by atoms with Gasteiger partial charge in [-0.1, -0.05) is 11.6 Å². The number of benzene rings is 2. The van der Waals surface area contributed by atoms with Gasteiger partial charge >= 0.3 is 0 Å². The highest BCUT2D eigenvalue weighted by molar-refractivity contribution is 7.91. The summed E-state index contributed by atoms with van der Waals surface area (Å²) in [5.74, 6) is 0.509. The van der Waals surface area contributed by atoms with Crippen molar-refractivity contribution in [2.75, 3.05) is 7.11 Å². The maximum Gasteiger partial charge on any atom is 0.281 e. The number of rotatable bonds is 3. The highest BCUT2D eigenvalue weighted by Gasteiger charge is 2.27. The normalized spacial score (nSPS) is 12.0. The van der Waals surface area contributed by atoms with Crippen LogP contribution in [0.15, 0.2) is 51.1 Å². The molecule has 4 aromatic rings. The van der Waals surface area contributed by atoms with E-state index in [1.54, 1.807) is 31.2 Å². The number of hydrogen-bond acceptors (Lipinski definition) is 6. The first kappa shape index (κ1) is 17.5. The zero-order chi connectivity index (χ0) is 19.3. The van der Waals surface area contributed by atoms with Gasteiger partial charge < -0.3 is 4.74 Å². The number of aromatic amines is 1. The third-order valence-corrected chi connectivity index (χ3v) is 6.27. The Morgan fingerprint density at radius 1 is 1.19 bits per heavy atom. The molecule has 0 aliphatic carbocycles. The van der Waals surface area contributed by atoms with Crippen LogP contribution in [0.4, 0.5) is 0 Å². The molecule has 10 heteroatoms. The number of nitrogens with one attached hydrogen (secondary N) is 1. The Balaban J connectivity index is 2.05. The lowest BCUT2D eigenvalue weighted by atomic mass is 10.2. The van der Waals surface area contributed by atoms with Crippen molar-refractivity contribution in [2.24, 2.45) is 0 Å². The topological polar surface area (TPSA) is 106 Å². The first-order chi connectivity index (χ1) is 12.8. The lowest BCUT2D eigenvalue weighted by Crippen LogP contribution is -2.12. The molecule has 0 aliphatic heterocycles. The van der Waals surface area contributed by atoms with Gasteiger partial charge in [-0.25, -0.2) is 18.1 Å². The van der Waals surface area contributed by atoms with Crippen LogP contribution in [-0.4, -0.2) is 35.3 Å². The molecule has 0 atom stereocenters. The molecule has 0 aliphatic rings. The molecule has 2 heterocycles. The summed E-state index contributed by atoms with van der Waals surface area (Å²) in [5, 5.41) is 6.94. The summed E-state index contributed by atoms with van der Waals surface area (Å²) in [4.78, 5) is 16.4. The summed E-state index contributed by atoms with van der Waals surface area (Å²) < 4.78 is 32.7. The van der Waals surface area contributed by atoms with Crippen LogP contribution in [0.25, 0.3) is 16.6 Å². The summed E-state index contributed by atoms with van der Waals surface area (Å²) in [5.41, 5.74) is 0.230. The van der Waals surface area contributed by atoms with Crippen molar-refractivity contribution in [3.05, 3.63) is 57.3 Å². The van der Waals surface area contributed by atoms with Crippen LogP contribution < -0.4 is 10.3 Å². The first-order valence-corrected chi connectivity index (χ1v) is 9.65. The average molecular weight is 405 g/mol. The third kappa shape index (κ3) is 2.66. The third-order valence-electron chi connectivity index (χ3n) is 4.22. The van der Waals surface area contributed by atoms with Gasteiger partial charge in [0.05, 0.1) is 22.9 Å². The Bertz CT molecular complexity index is 1380. The molecule has 4 rings (SSSR count). The van der Waals surface area contributed by atoms with Gasteiger partial charge in [-0.3, -0.25) is 4.79 Å². The molecular weight excluding hydrogens is 392 g/mol. The number of aromatic nitrogens is 4. The van der Waals surface area contributed by atoms with Gasteiger partial charge in [-0.05, 0) is 42.8 Å². The lowest BCUT2D eigenvalue weighted by Gasteiger charge is -2.06. The van der Waals surface area contributed by atoms with Crippen molar-refractivity contribution in [2.45, 2.75) is 16.8 Å². The Hall–Kier alpha value is -2.91. The predicted molar refractivity (Wildman–Crippen MR) is 99.3 cm³/mol. The molecule has 2 aromatic heterocycles. The summed E-state index contributed by atoms with van der Waals surface area (Å²) in [7, 11) is -2.53. The van der Waals surface area contributed by atoms with E-state index in [-0.39, 0.29) is 15.6 Å². The van der Waals surface area contributed by atoms with E-state index in [0.29, 0.717) is 27.2 Å². The van der Waals surface area contributed by atoms with Gasteiger partial charge in [0.15, 0.2) is 5.65 Å². The second kappa shape index (κ2) is 6.07. The van der Waals surface area contributed by atoms with Crippen LogP contribution in [0, 0.1) is 6.92 Å². The quantitative estimate of drug-likeness (QED) is 0.561. The van der Waals surface area contributed by atoms with Crippen LogP contribution >= 0.6 is 11.6 Å². The Kier molecular flexibility index (Phi) is 3.93. The van der Waals surface area contributed by atoms with Crippen molar-refractivity contribution in [3.8, 4) is 5.75 Å². The molecule has 8 nitrogen and oxygen atoms in total. The minimum absolute atomic E-state index is 0.0425. The van der Waals surface area contributed by atoms with E-state index in [1.165, 1.54) is 23.8 Å². The predicted octanol–water partition coefficient (Wildman–Crippen LogP) is 2.37. The fourth-order valence-electron chi connectivity index (χ4n) is 2.91. The van der Waals surface area contributed by atoms with E-state index in [0.717, 1.165) is 0 Å². The van der Waals surface area contributed by atoms with Crippen molar-refractivity contribution in [1.82, 2.24) is 19.8 Å². The van der Waals surface area contributed by atoms with E-state index in [1.807, 2.05) is 0 Å². The standard InChI is InChI=1S/C17H13ClN4O4S/c1-9-7-10(18)3-6-14(9)27(24,25)17-15-19-16(23)12-5-4-11(26-2)8-13(12)22(15)21-20-17/h3-8,21H,1-2H3. The highest BCUT2D eigenvalue weighted by Crippen LogP contribution is 2.27. The van der Waals surface area contributed by atoms with Gasteiger partial charge in [0.25, 0.3) is 5.56 Å². The fraction of sp³-hybridized carbons (Fsp3) is 0.118. The van der Waals surface area contributed by atoms with E-state index in [4.69, 9.17) is 16.3 Å². The summed E-state index contributed by atoms with van der Waals surface area (Å²) in [6.45, 7) is 1.63. The Labute approximate surface area is 158 Å². The second-order valence-electron chi connectivity index (χ2n) is 5.89. The number of H-pyrrole nitrogens is 1. The fourth-order valence-corrected chi connectivity index (χ4v) is 4.62. The largest absolute Gasteiger partial charge is 0.497 e. The molecule has 0 unspecified atom stereocenters. The molecule has 138 valence electrons. The molecule has 0 saturated carbocycles. The Morgan fingerprint density at radius 3 is 2.67 bits per heavy atom. The number of sulfone groups is 1. The molecule has 0 bridgehead atoms. The van der Waals surface area contributed by atoms with Gasteiger partial charge in [0, 0.05) is 11.1 Å². The monoisotopic (exact) mass is 404 g/mol. The molecule has 0 saturated heterocycles. The number of ether oxygens (including phenoxy) is 1. The lowest BCUT2D eigenvalue weighted by molar-refractivity contribution is 0.415. The van der Waals surface area contributed by atoms with Crippen LogP contribution in [-0.2, 0) is 9.84 Å². The molecule has 2 aromatic carbocycles. The van der Waals surface area contributed by atoms with Crippen molar-refractivity contribution in [1.29, 1.82) is 0 Å². The van der Waals surface area contributed by atoms with Crippen LogP contribution in [0.1, 0.15) is 5.56 Å². The van der Waals surface area contributed by atoms with E-state index in [9.17, 15) is 13.2 Å². The molecule has 0 spiro atoms. The molecule has 27 heavy (non-hydrogen) atoms. The summed E-state index contributed by atoms with van der Waals surface area (Å²) in [6.07, 6.45) is 0. The number of aryl methyl sites for hydroxylation is 1. The van der Waals surface area contributed by atoms with Crippen LogP contribution in [0.5, 0.6) is 5.75 Å². The molecule has 1 N–H and O–H groups in total. The van der Waals surface area contributed by atoms with Gasteiger partial charge in [0.1, 0.15) is 5.75 Å². The minimum atomic E-state index is -4.03. The van der Waals surface area contributed by atoms with Gasteiger partial charge in [-0.15, -0.1) is 5.10 Å². The van der Waals surface area contributed by atoms with Gasteiger partial charge in [0.2, 0.25) is 14.9 Å². The maximum atomic E-state index is 13.1. The van der Waals surface area contributed by atoms with Crippen molar-refractivity contribution < 1.29 is 13.2 Å². The average Bonchev–Trinajstić information content (AvgIpc) is 3.05. The first-order valence-electron chi connectivity index (χ1n) is 7.79. The zero-order valence-corrected chi connectivity index (χ0v) is 15.8. The van der Waals surface area contributed by atoms with E-state index in [2.05, 4.69) is 15.3 Å². The molecular formula is C17H13ClN4O4S. The summed E-state index contributed by atoms with van der Waals surface area (Å²) >= 11 is 5.92. The van der Waals surface area contributed by atoms with Crippen molar-refractivity contribution >= 4 is 38.0 Å². The molecule has 0 radical (unpaired) electrons. The number of methoxy groups -OCH3 is 1. The number of fused-ring (bicyclic) bond motifs is 3. The maximum absolute atomic E-state index is 13.1. The Morgan fingerprint density at radius 2 is 1.96 bits per heavy atom. The van der Waals surface area contributed by atoms with Crippen LogP contribution in [0.3, 0.4) is 0 Å². The number of hydrogen-bond donors (Lipinski definition) is 1. The summed E-state index contributed by atoms with van der Waals surface area (Å²) in [6, 6.07) is 9.23. The van der Waals surface area contributed by atoms with Gasteiger partial charge in [-0.2, -0.15) is 4.98 Å². The SMILES string of the molecule is COc1ccc2c(=O)nc3c(S(=O)(=O)c4ccc(Cl)cc4C)n[nH]n3c2c1. The molecule has 0 fully saturated rings. The van der Waals surface area contributed by atoms with E-state index < -0.39 is 15.4 Å². The second-order valence-corrected chi connectivity index (χ2v) is 8.16. The number of halogens is 1. The minimum Gasteiger partial charge on any atom is -0.497 e.